The number of aromatic nitrogens is 2. The summed E-state index contributed by atoms with van der Waals surface area (Å²) in [6.45, 7) is 7.22. The lowest BCUT2D eigenvalue weighted by Crippen LogP contribution is -2.51. The van der Waals surface area contributed by atoms with E-state index in [1.54, 1.807) is 4.68 Å². The zero-order valence-electron chi connectivity index (χ0n) is 14.4. The standard InChI is InChI=1S/C17H25N5O/c1-12(2)22-11-13(3)23-17-16(10-18-20(17)4)14-6-8-15(9-7-14)19-21(22)5/h6-10,12-13,19H,11H2,1-5H3/t13-/m0/s1. The van der Waals surface area contributed by atoms with Gasteiger partial charge in [-0.15, -0.1) is 0 Å². The maximum atomic E-state index is 6.23. The Balaban J connectivity index is 2.04. The van der Waals surface area contributed by atoms with Crippen molar-refractivity contribution in [3.05, 3.63) is 30.5 Å². The highest BCUT2D eigenvalue weighted by Crippen LogP contribution is 2.31. The zero-order chi connectivity index (χ0) is 16.6. The summed E-state index contributed by atoms with van der Waals surface area (Å²) in [5.41, 5.74) is 6.60. The van der Waals surface area contributed by atoms with E-state index in [4.69, 9.17) is 4.74 Å². The molecule has 1 N–H and O–H groups in total. The normalized spacial score (nSPS) is 19.7. The lowest BCUT2D eigenvalue weighted by atomic mass is 10.1. The van der Waals surface area contributed by atoms with Gasteiger partial charge in [0.05, 0.1) is 24.0 Å². The van der Waals surface area contributed by atoms with Crippen molar-refractivity contribution in [1.82, 2.24) is 19.9 Å². The van der Waals surface area contributed by atoms with Crippen LogP contribution in [0.1, 0.15) is 20.8 Å². The van der Waals surface area contributed by atoms with Crippen molar-refractivity contribution < 1.29 is 4.74 Å². The van der Waals surface area contributed by atoms with Gasteiger partial charge >= 0.3 is 0 Å². The highest BCUT2D eigenvalue weighted by Gasteiger charge is 2.22. The topological polar surface area (TPSA) is 45.6 Å². The second-order valence-electron chi connectivity index (χ2n) is 6.34. The van der Waals surface area contributed by atoms with Crippen LogP contribution in [0, 0.1) is 0 Å². The molecule has 1 aromatic heterocycles. The molecule has 124 valence electrons. The number of fused-ring (bicyclic) bond motifs is 7. The second kappa shape index (κ2) is 6.22. The molecule has 2 bridgehead atoms. The van der Waals surface area contributed by atoms with Crippen LogP contribution in [0.15, 0.2) is 30.5 Å². The molecule has 0 amide bonds. The number of hydrogen-bond donors (Lipinski definition) is 1. The third kappa shape index (κ3) is 3.18. The molecule has 3 heterocycles. The number of ether oxygens (including phenoxy) is 1. The van der Waals surface area contributed by atoms with Gasteiger partial charge in [-0.2, -0.15) is 10.2 Å². The fourth-order valence-electron chi connectivity index (χ4n) is 2.91. The summed E-state index contributed by atoms with van der Waals surface area (Å²) in [7, 11) is 3.95. The van der Waals surface area contributed by atoms with Crippen molar-refractivity contribution in [1.29, 1.82) is 0 Å². The molecular formula is C17H25N5O. The first-order chi connectivity index (χ1) is 11.0. The largest absolute Gasteiger partial charge is 0.473 e. The molecule has 0 saturated heterocycles. The summed E-state index contributed by atoms with van der Waals surface area (Å²) in [6, 6.07) is 8.68. The van der Waals surface area contributed by atoms with Crippen LogP contribution in [0.25, 0.3) is 11.1 Å². The van der Waals surface area contributed by atoms with E-state index in [0.29, 0.717) is 6.04 Å². The van der Waals surface area contributed by atoms with E-state index in [0.717, 1.165) is 29.2 Å². The summed E-state index contributed by atoms with van der Waals surface area (Å²) in [4.78, 5) is 0. The van der Waals surface area contributed by atoms with Crippen LogP contribution in [0.3, 0.4) is 0 Å². The molecule has 6 nitrogen and oxygen atoms in total. The van der Waals surface area contributed by atoms with Crippen LogP contribution in [0.2, 0.25) is 0 Å². The fraction of sp³-hybridized carbons (Fsp3) is 0.471. The lowest BCUT2D eigenvalue weighted by Gasteiger charge is -2.37. The van der Waals surface area contributed by atoms with E-state index in [1.807, 2.05) is 25.4 Å². The Labute approximate surface area is 137 Å². The summed E-state index contributed by atoms with van der Waals surface area (Å²) < 4.78 is 8.03. The Kier molecular flexibility index (Phi) is 4.28. The van der Waals surface area contributed by atoms with Crippen molar-refractivity contribution in [2.75, 3.05) is 19.0 Å². The molecule has 6 heteroatoms. The molecule has 0 spiro atoms. The number of hydrogen-bond acceptors (Lipinski definition) is 5. The highest BCUT2D eigenvalue weighted by molar-refractivity contribution is 5.70. The van der Waals surface area contributed by atoms with Crippen molar-refractivity contribution in [3.63, 3.8) is 0 Å². The average Bonchev–Trinajstić information content (AvgIpc) is 2.85. The molecule has 0 fully saturated rings. The van der Waals surface area contributed by atoms with Crippen LogP contribution >= 0.6 is 0 Å². The Morgan fingerprint density at radius 3 is 2.57 bits per heavy atom. The minimum atomic E-state index is 0.0345. The van der Waals surface area contributed by atoms with Gasteiger partial charge in [0, 0.05) is 20.1 Å². The molecule has 2 aliphatic rings. The zero-order valence-corrected chi connectivity index (χ0v) is 14.4. The molecule has 0 aliphatic carbocycles. The molecule has 2 aliphatic heterocycles. The van der Waals surface area contributed by atoms with Gasteiger partial charge in [-0.25, -0.2) is 9.69 Å². The number of anilines is 1. The van der Waals surface area contributed by atoms with E-state index in [1.165, 1.54) is 0 Å². The van der Waals surface area contributed by atoms with Crippen molar-refractivity contribution in [3.8, 4) is 17.0 Å². The van der Waals surface area contributed by atoms with Gasteiger partial charge in [-0.05, 0) is 38.5 Å². The maximum absolute atomic E-state index is 6.23. The Bertz CT molecular complexity index is 664. The van der Waals surface area contributed by atoms with E-state index < -0.39 is 0 Å². The van der Waals surface area contributed by atoms with Crippen molar-refractivity contribution in [2.24, 2.45) is 7.05 Å². The minimum absolute atomic E-state index is 0.0345. The number of hydrazine groups is 2. The summed E-state index contributed by atoms with van der Waals surface area (Å²) >= 11 is 0. The molecule has 23 heavy (non-hydrogen) atoms. The molecule has 2 aromatic rings. The Hall–Kier alpha value is -2.05. The highest BCUT2D eigenvalue weighted by atomic mass is 16.5. The predicted octanol–water partition coefficient (Wildman–Crippen LogP) is 2.75. The first-order valence-corrected chi connectivity index (χ1v) is 8.01. The predicted molar refractivity (Wildman–Crippen MR) is 92.0 cm³/mol. The molecule has 0 saturated carbocycles. The fourth-order valence-corrected chi connectivity index (χ4v) is 2.91. The summed E-state index contributed by atoms with van der Waals surface area (Å²) in [5.74, 6) is 0.810. The number of aryl methyl sites for hydroxylation is 1. The summed E-state index contributed by atoms with van der Waals surface area (Å²) in [6.07, 6.45) is 1.90. The van der Waals surface area contributed by atoms with Gasteiger partial charge in [-0.1, -0.05) is 12.1 Å². The first kappa shape index (κ1) is 15.8. The lowest BCUT2D eigenvalue weighted by molar-refractivity contribution is -0.0331. The number of nitrogens with one attached hydrogen (secondary N) is 1. The van der Waals surface area contributed by atoms with Crippen LogP contribution in [-0.2, 0) is 7.05 Å². The monoisotopic (exact) mass is 315 g/mol. The van der Waals surface area contributed by atoms with E-state index >= 15 is 0 Å². The van der Waals surface area contributed by atoms with Gasteiger partial charge in [-0.3, -0.25) is 0 Å². The van der Waals surface area contributed by atoms with Crippen LogP contribution in [0.4, 0.5) is 5.69 Å². The van der Waals surface area contributed by atoms with Gasteiger partial charge < -0.3 is 10.2 Å². The Morgan fingerprint density at radius 1 is 1.22 bits per heavy atom. The number of benzene rings is 1. The van der Waals surface area contributed by atoms with Gasteiger partial charge in [0.25, 0.3) is 0 Å². The van der Waals surface area contributed by atoms with E-state index in [2.05, 4.69) is 60.6 Å². The SMILES string of the molecule is CC(C)N1C[C@H](C)Oc2c(cnn2C)-c2ccc(cc2)NN1C. The third-order valence-corrected chi connectivity index (χ3v) is 4.11. The molecule has 1 aromatic carbocycles. The van der Waals surface area contributed by atoms with Crippen LogP contribution < -0.4 is 10.2 Å². The summed E-state index contributed by atoms with van der Waals surface area (Å²) in [5, 5.41) is 8.64. The van der Waals surface area contributed by atoms with Crippen LogP contribution in [-0.4, -0.2) is 45.6 Å². The molecule has 1 atom stereocenters. The molecule has 4 rings (SSSR count). The van der Waals surface area contributed by atoms with Crippen LogP contribution in [0.5, 0.6) is 5.88 Å². The quantitative estimate of drug-likeness (QED) is 0.877. The third-order valence-electron chi connectivity index (χ3n) is 4.11. The van der Waals surface area contributed by atoms with Gasteiger partial charge in [0.2, 0.25) is 5.88 Å². The minimum Gasteiger partial charge on any atom is -0.473 e. The molecule has 0 unspecified atom stereocenters. The maximum Gasteiger partial charge on any atom is 0.219 e. The van der Waals surface area contributed by atoms with Crippen molar-refractivity contribution in [2.45, 2.75) is 32.9 Å². The second-order valence-corrected chi connectivity index (χ2v) is 6.34. The van der Waals surface area contributed by atoms with E-state index in [-0.39, 0.29) is 6.10 Å². The number of rotatable bonds is 1. The van der Waals surface area contributed by atoms with Crippen molar-refractivity contribution >= 4 is 5.69 Å². The van der Waals surface area contributed by atoms with E-state index in [9.17, 15) is 0 Å². The average molecular weight is 315 g/mol. The smallest absolute Gasteiger partial charge is 0.219 e. The number of nitrogens with zero attached hydrogens (tertiary/aromatic N) is 4. The molecular weight excluding hydrogens is 290 g/mol. The van der Waals surface area contributed by atoms with Gasteiger partial charge in [0.15, 0.2) is 0 Å². The molecule has 0 radical (unpaired) electrons. The Morgan fingerprint density at radius 2 is 1.91 bits per heavy atom. The first-order valence-electron chi connectivity index (χ1n) is 8.01. The van der Waals surface area contributed by atoms with Gasteiger partial charge in [0.1, 0.15) is 6.10 Å².